The van der Waals surface area contributed by atoms with E-state index in [1.54, 1.807) is 0 Å². The highest BCUT2D eigenvalue weighted by Crippen LogP contribution is 2.19. The van der Waals surface area contributed by atoms with E-state index in [1.165, 1.54) is 0 Å². The molecule has 0 aromatic heterocycles. The van der Waals surface area contributed by atoms with Gasteiger partial charge in [0.05, 0.1) is 0 Å². The fraction of sp³-hybridized carbons (Fsp3) is 0.353. The Morgan fingerprint density at radius 3 is 2.85 bits per heavy atom. The molecule has 0 bridgehead atoms. The van der Waals surface area contributed by atoms with Crippen molar-refractivity contribution < 1.29 is 4.79 Å². The third-order valence-corrected chi connectivity index (χ3v) is 4.11. The maximum atomic E-state index is 12.5. The van der Waals surface area contributed by atoms with Gasteiger partial charge in [-0.25, -0.2) is 0 Å². The molecule has 3 heteroatoms. The first-order valence-corrected chi connectivity index (χ1v) is 7.28. The molecule has 2 aromatic rings. The summed E-state index contributed by atoms with van der Waals surface area (Å²) in [7, 11) is 0. The molecule has 1 saturated heterocycles. The van der Waals surface area contributed by atoms with Crippen LogP contribution in [0.2, 0.25) is 0 Å². The summed E-state index contributed by atoms with van der Waals surface area (Å²) >= 11 is 0. The van der Waals surface area contributed by atoms with Crippen LogP contribution in [-0.4, -0.2) is 24.5 Å². The number of fused-ring (bicyclic) bond motifs is 1. The Labute approximate surface area is 119 Å². The molecule has 3 nitrogen and oxygen atoms in total. The van der Waals surface area contributed by atoms with E-state index in [4.69, 9.17) is 0 Å². The van der Waals surface area contributed by atoms with Crippen molar-refractivity contribution in [2.45, 2.75) is 31.8 Å². The fourth-order valence-electron chi connectivity index (χ4n) is 2.91. The average molecular weight is 268 g/mol. The molecule has 2 N–H and O–H groups in total. The van der Waals surface area contributed by atoms with E-state index in [-0.39, 0.29) is 11.9 Å². The van der Waals surface area contributed by atoms with Gasteiger partial charge in [-0.15, -0.1) is 0 Å². The van der Waals surface area contributed by atoms with Crippen LogP contribution in [0.15, 0.2) is 42.5 Å². The molecular weight excluding hydrogens is 248 g/mol. The summed E-state index contributed by atoms with van der Waals surface area (Å²) in [5.41, 5.74) is 0.765. The monoisotopic (exact) mass is 268 g/mol. The molecule has 1 aliphatic heterocycles. The number of carbonyl (C=O) groups is 1. The van der Waals surface area contributed by atoms with Gasteiger partial charge in [-0.3, -0.25) is 4.79 Å². The van der Waals surface area contributed by atoms with Gasteiger partial charge in [0, 0.05) is 17.6 Å². The van der Waals surface area contributed by atoms with E-state index in [0.717, 1.165) is 35.7 Å². The van der Waals surface area contributed by atoms with Crippen LogP contribution in [0.25, 0.3) is 10.8 Å². The van der Waals surface area contributed by atoms with Crippen molar-refractivity contribution in [3.8, 4) is 0 Å². The lowest BCUT2D eigenvalue weighted by Gasteiger charge is -2.30. The summed E-state index contributed by atoms with van der Waals surface area (Å²) in [6.45, 7) is 3.18. The van der Waals surface area contributed by atoms with Gasteiger partial charge in [0.1, 0.15) is 0 Å². The van der Waals surface area contributed by atoms with Gasteiger partial charge in [0.2, 0.25) is 0 Å². The minimum Gasteiger partial charge on any atom is -0.348 e. The molecule has 2 unspecified atom stereocenters. The molecule has 20 heavy (non-hydrogen) atoms. The number of hydrogen-bond acceptors (Lipinski definition) is 2. The number of hydrogen-bond donors (Lipinski definition) is 2. The SMILES string of the molecule is CC1NCCCC1NC(=O)c1cccc2ccccc12. The Hall–Kier alpha value is -1.87. The second kappa shape index (κ2) is 5.63. The topological polar surface area (TPSA) is 41.1 Å². The Kier molecular flexibility index (Phi) is 3.70. The second-order valence-electron chi connectivity index (χ2n) is 5.49. The lowest BCUT2D eigenvalue weighted by atomic mass is 9.98. The predicted molar refractivity (Wildman–Crippen MR) is 81.9 cm³/mol. The number of piperidine rings is 1. The lowest BCUT2D eigenvalue weighted by Crippen LogP contribution is -2.51. The first kappa shape index (κ1) is 13.1. The third-order valence-electron chi connectivity index (χ3n) is 4.11. The van der Waals surface area contributed by atoms with Crippen molar-refractivity contribution in [2.24, 2.45) is 0 Å². The first-order valence-electron chi connectivity index (χ1n) is 7.28. The molecule has 1 aliphatic rings. The van der Waals surface area contributed by atoms with Crippen molar-refractivity contribution >= 4 is 16.7 Å². The normalized spacial score (nSPS) is 22.6. The minimum absolute atomic E-state index is 0.0300. The maximum absolute atomic E-state index is 12.5. The summed E-state index contributed by atoms with van der Waals surface area (Å²) in [6.07, 6.45) is 2.16. The van der Waals surface area contributed by atoms with Gasteiger partial charge in [-0.1, -0.05) is 36.4 Å². The smallest absolute Gasteiger partial charge is 0.252 e. The number of carbonyl (C=O) groups excluding carboxylic acids is 1. The molecule has 1 fully saturated rings. The van der Waals surface area contributed by atoms with Crippen LogP contribution < -0.4 is 10.6 Å². The summed E-state index contributed by atoms with van der Waals surface area (Å²) in [4.78, 5) is 12.5. The molecule has 2 aromatic carbocycles. The molecule has 0 saturated carbocycles. The standard InChI is InChI=1S/C17H20N2O/c1-12-16(10-5-11-18-12)19-17(20)15-9-4-7-13-6-2-3-8-14(13)15/h2-4,6-9,12,16,18H,5,10-11H2,1H3,(H,19,20). The van der Waals surface area contributed by atoms with E-state index >= 15 is 0 Å². The zero-order valence-corrected chi connectivity index (χ0v) is 11.7. The summed E-state index contributed by atoms with van der Waals surface area (Å²) in [5.74, 6) is 0.0300. The number of amides is 1. The number of nitrogens with one attached hydrogen (secondary N) is 2. The van der Waals surface area contributed by atoms with Crippen LogP contribution in [-0.2, 0) is 0 Å². The molecule has 1 amide bonds. The van der Waals surface area contributed by atoms with Crippen molar-refractivity contribution in [3.63, 3.8) is 0 Å². The van der Waals surface area contributed by atoms with Crippen molar-refractivity contribution in [1.82, 2.24) is 10.6 Å². The molecule has 1 heterocycles. The predicted octanol–water partition coefficient (Wildman–Crippen LogP) is 2.71. The number of benzene rings is 2. The van der Waals surface area contributed by atoms with Crippen LogP contribution in [0.5, 0.6) is 0 Å². The summed E-state index contributed by atoms with van der Waals surface area (Å²) in [6, 6.07) is 14.5. The average Bonchev–Trinajstić information content (AvgIpc) is 2.49. The maximum Gasteiger partial charge on any atom is 0.252 e. The van der Waals surface area contributed by atoms with E-state index in [0.29, 0.717) is 6.04 Å². The summed E-state index contributed by atoms with van der Waals surface area (Å²) < 4.78 is 0. The van der Waals surface area contributed by atoms with Gasteiger partial charge < -0.3 is 10.6 Å². The van der Waals surface area contributed by atoms with Gasteiger partial charge in [0.25, 0.3) is 5.91 Å². The van der Waals surface area contributed by atoms with Gasteiger partial charge in [0.15, 0.2) is 0 Å². The van der Waals surface area contributed by atoms with Crippen molar-refractivity contribution in [1.29, 1.82) is 0 Å². The van der Waals surface area contributed by atoms with Crippen LogP contribution in [0.4, 0.5) is 0 Å². The minimum atomic E-state index is 0.0300. The third kappa shape index (κ3) is 2.54. The Morgan fingerprint density at radius 1 is 1.20 bits per heavy atom. The zero-order valence-electron chi connectivity index (χ0n) is 11.7. The highest BCUT2D eigenvalue weighted by Gasteiger charge is 2.23. The quantitative estimate of drug-likeness (QED) is 0.879. The molecule has 104 valence electrons. The molecule has 0 aliphatic carbocycles. The van der Waals surface area contributed by atoms with E-state index < -0.39 is 0 Å². The van der Waals surface area contributed by atoms with Crippen LogP contribution in [0.1, 0.15) is 30.1 Å². The zero-order chi connectivity index (χ0) is 13.9. The second-order valence-corrected chi connectivity index (χ2v) is 5.49. The van der Waals surface area contributed by atoms with Crippen molar-refractivity contribution in [3.05, 3.63) is 48.0 Å². The van der Waals surface area contributed by atoms with Crippen LogP contribution >= 0.6 is 0 Å². The Morgan fingerprint density at radius 2 is 2.00 bits per heavy atom. The molecule has 2 atom stereocenters. The lowest BCUT2D eigenvalue weighted by molar-refractivity contribution is 0.0921. The molecular formula is C17H20N2O. The fourth-order valence-corrected chi connectivity index (χ4v) is 2.91. The van der Waals surface area contributed by atoms with E-state index in [9.17, 15) is 4.79 Å². The highest BCUT2D eigenvalue weighted by atomic mass is 16.1. The van der Waals surface area contributed by atoms with E-state index in [2.05, 4.69) is 17.6 Å². The Bertz CT molecular complexity index is 618. The van der Waals surface area contributed by atoms with Gasteiger partial charge in [-0.2, -0.15) is 0 Å². The Balaban J connectivity index is 1.85. The van der Waals surface area contributed by atoms with Crippen LogP contribution in [0.3, 0.4) is 0 Å². The largest absolute Gasteiger partial charge is 0.348 e. The highest BCUT2D eigenvalue weighted by molar-refractivity contribution is 6.07. The number of rotatable bonds is 2. The molecule has 0 radical (unpaired) electrons. The molecule has 0 spiro atoms. The van der Waals surface area contributed by atoms with Crippen LogP contribution in [0, 0.1) is 0 Å². The molecule has 3 rings (SSSR count). The van der Waals surface area contributed by atoms with Crippen molar-refractivity contribution in [2.75, 3.05) is 6.54 Å². The van der Waals surface area contributed by atoms with E-state index in [1.807, 2.05) is 42.5 Å². The first-order chi connectivity index (χ1) is 9.75. The summed E-state index contributed by atoms with van der Waals surface area (Å²) in [5, 5.41) is 8.71. The van der Waals surface area contributed by atoms with Gasteiger partial charge in [-0.05, 0) is 43.1 Å². The van der Waals surface area contributed by atoms with Gasteiger partial charge >= 0.3 is 0 Å².